The van der Waals surface area contributed by atoms with Gasteiger partial charge in [-0.15, -0.1) is 0 Å². The van der Waals surface area contributed by atoms with Crippen molar-refractivity contribution in [3.05, 3.63) is 44.6 Å². The minimum atomic E-state index is -1.74. The number of methoxy groups -OCH3 is 2. The Labute approximate surface area is 191 Å². The third kappa shape index (κ3) is 7.97. The summed E-state index contributed by atoms with van der Waals surface area (Å²) < 4.78 is 18.1. The van der Waals surface area contributed by atoms with Gasteiger partial charge in [-0.3, -0.25) is 0 Å². The zero-order valence-electron chi connectivity index (χ0n) is 18.0. The number of rotatable bonds is 6. The molecule has 0 aliphatic rings. The van der Waals surface area contributed by atoms with Crippen molar-refractivity contribution in [2.75, 3.05) is 14.2 Å². The molecule has 0 bridgehead atoms. The lowest BCUT2D eigenvalue weighted by molar-refractivity contribution is 0.267. The molecule has 0 radical (unpaired) electrons. The molecule has 0 spiro atoms. The maximum atomic E-state index is 8.83. The first-order chi connectivity index (χ1) is 13.4. The van der Waals surface area contributed by atoms with E-state index in [2.05, 4.69) is 75.7 Å². The van der Waals surface area contributed by atoms with E-state index in [0.29, 0.717) is 23.9 Å². The average Bonchev–Trinajstić information content (AvgIpc) is 2.66. The monoisotopic (exact) mass is 548 g/mol. The summed E-state index contributed by atoms with van der Waals surface area (Å²) in [6.45, 7) is 11.7. The van der Waals surface area contributed by atoms with Crippen molar-refractivity contribution in [3.8, 4) is 11.8 Å². The fourth-order valence-corrected chi connectivity index (χ4v) is 3.70. The standard InChI is InChI=1S/C13H22BrNO2Si.C7H8BrNO2/c1-13(2,3)18(5,6)17-9-10-7-11(14)8-15-12(10)16-4;1-11-7-5(4-10)2-6(8)3-9-7/h7-8H,9H2,1-6H3;2-3,10H,4H2,1H3. The summed E-state index contributed by atoms with van der Waals surface area (Å²) in [6.07, 6.45) is 3.35. The first kappa shape index (κ1) is 26.0. The molecule has 0 atom stereocenters. The molecule has 2 aromatic rings. The molecule has 2 aromatic heterocycles. The molecule has 0 amide bonds. The number of nitrogens with zero attached hydrogens (tertiary/aromatic N) is 2. The van der Waals surface area contributed by atoms with Crippen LogP contribution in [0.4, 0.5) is 0 Å². The Balaban J connectivity index is 0.000000326. The number of aromatic nitrogens is 2. The number of hydrogen-bond acceptors (Lipinski definition) is 6. The van der Waals surface area contributed by atoms with E-state index in [1.165, 1.54) is 7.11 Å². The van der Waals surface area contributed by atoms with Gasteiger partial charge in [0.15, 0.2) is 8.32 Å². The summed E-state index contributed by atoms with van der Waals surface area (Å²) in [6, 6.07) is 3.77. The minimum absolute atomic E-state index is 0.0599. The van der Waals surface area contributed by atoms with Crippen LogP contribution in [0.1, 0.15) is 31.9 Å². The third-order valence-electron chi connectivity index (χ3n) is 4.74. The van der Waals surface area contributed by atoms with Crippen LogP contribution >= 0.6 is 31.9 Å². The Morgan fingerprint density at radius 2 is 1.38 bits per heavy atom. The van der Waals surface area contributed by atoms with Gasteiger partial charge in [0.1, 0.15) is 0 Å². The smallest absolute Gasteiger partial charge is 0.218 e. The molecule has 0 aromatic carbocycles. The third-order valence-corrected chi connectivity index (χ3v) is 10.1. The van der Waals surface area contributed by atoms with Gasteiger partial charge in [0.2, 0.25) is 11.8 Å². The van der Waals surface area contributed by atoms with Gasteiger partial charge < -0.3 is 19.0 Å². The molecular formula is C20H30Br2N2O4Si. The van der Waals surface area contributed by atoms with Crippen molar-refractivity contribution in [1.29, 1.82) is 0 Å². The quantitative estimate of drug-likeness (QED) is 0.464. The number of aliphatic hydroxyl groups is 1. The largest absolute Gasteiger partial charge is 0.481 e. The highest BCUT2D eigenvalue weighted by atomic mass is 79.9. The van der Waals surface area contributed by atoms with E-state index in [4.69, 9.17) is 19.0 Å². The van der Waals surface area contributed by atoms with Crippen LogP contribution in [-0.4, -0.2) is 37.6 Å². The number of halogens is 2. The predicted molar refractivity (Wildman–Crippen MR) is 125 cm³/mol. The van der Waals surface area contributed by atoms with E-state index in [-0.39, 0.29) is 11.6 Å². The van der Waals surface area contributed by atoms with Crippen molar-refractivity contribution in [2.24, 2.45) is 0 Å². The summed E-state index contributed by atoms with van der Waals surface area (Å²) in [5.74, 6) is 1.10. The molecule has 0 unspecified atom stereocenters. The van der Waals surface area contributed by atoms with Crippen molar-refractivity contribution < 1.29 is 19.0 Å². The summed E-state index contributed by atoms with van der Waals surface area (Å²) in [4.78, 5) is 8.16. The Kier molecular flexibility index (Phi) is 10.2. The van der Waals surface area contributed by atoms with Gasteiger partial charge >= 0.3 is 0 Å². The van der Waals surface area contributed by atoms with Gasteiger partial charge in [-0.05, 0) is 62.1 Å². The van der Waals surface area contributed by atoms with Crippen LogP contribution in [-0.2, 0) is 17.6 Å². The van der Waals surface area contributed by atoms with E-state index in [1.54, 1.807) is 25.6 Å². The van der Waals surface area contributed by atoms with Gasteiger partial charge in [0.05, 0.1) is 27.4 Å². The predicted octanol–water partition coefficient (Wildman–Crippen LogP) is 5.72. The second-order valence-electron chi connectivity index (χ2n) is 7.85. The second-order valence-corrected chi connectivity index (χ2v) is 14.5. The fraction of sp³-hybridized carbons (Fsp3) is 0.500. The summed E-state index contributed by atoms with van der Waals surface area (Å²) in [7, 11) is 1.41. The number of aliphatic hydroxyl groups excluding tert-OH is 1. The van der Waals surface area contributed by atoms with Crippen LogP contribution in [0.25, 0.3) is 0 Å². The maximum Gasteiger partial charge on any atom is 0.218 e. The Morgan fingerprint density at radius 1 is 0.931 bits per heavy atom. The molecule has 0 saturated carbocycles. The molecule has 2 heterocycles. The highest BCUT2D eigenvalue weighted by Gasteiger charge is 2.37. The number of hydrogen-bond donors (Lipinski definition) is 1. The summed E-state index contributed by atoms with van der Waals surface area (Å²) >= 11 is 6.66. The topological polar surface area (TPSA) is 73.7 Å². The van der Waals surface area contributed by atoms with Crippen LogP contribution in [0.15, 0.2) is 33.5 Å². The highest BCUT2D eigenvalue weighted by Crippen LogP contribution is 2.37. The van der Waals surface area contributed by atoms with Gasteiger partial charge in [0.25, 0.3) is 0 Å². The lowest BCUT2D eigenvalue weighted by atomic mass is 10.2. The maximum absolute atomic E-state index is 8.83. The molecule has 0 aliphatic carbocycles. The SMILES string of the molecule is COc1ncc(Br)cc1CO.COc1ncc(Br)cc1CO[Si](C)(C)C(C)(C)C. The Morgan fingerprint density at radius 3 is 1.79 bits per heavy atom. The normalized spacial score (nSPS) is 11.5. The lowest BCUT2D eigenvalue weighted by Gasteiger charge is -2.36. The van der Waals surface area contributed by atoms with E-state index < -0.39 is 8.32 Å². The molecule has 1 N–H and O–H groups in total. The lowest BCUT2D eigenvalue weighted by Crippen LogP contribution is -2.40. The zero-order chi connectivity index (χ0) is 22.2. The van der Waals surface area contributed by atoms with Crippen LogP contribution in [0.3, 0.4) is 0 Å². The molecule has 6 nitrogen and oxygen atoms in total. The summed E-state index contributed by atoms with van der Waals surface area (Å²) in [5, 5.41) is 9.04. The number of pyridine rings is 2. The van der Waals surface area contributed by atoms with Gasteiger partial charge in [-0.1, -0.05) is 20.8 Å². The average molecular weight is 550 g/mol. The van der Waals surface area contributed by atoms with Crippen LogP contribution in [0.2, 0.25) is 18.1 Å². The molecule has 29 heavy (non-hydrogen) atoms. The minimum Gasteiger partial charge on any atom is -0.481 e. The van der Waals surface area contributed by atoms with Crippen molar-refractivity contribution in [1.82, 2.24) is 9.97 Å². The zero-order valence-corrected chi connectivity index (χ0v) is 22.2. The first-order valence-electron chi connectivity index (χ1n) is 9.06. The molecular weight excluding hydrogens is 520 g/mol. The van der Waals surface area contributed by atoms with Crippen LogP contribution < -0.4 is 9.47 Å². The van der Waals surface area contributed by atoms with E-state index in [0.717, 1.165) is 14.5 Å². The first-order valence-corrected chi connectivity index (χ1v) is 13.6. The van der Waals surface area contributed by atoms with Gasteiger partial charge in [-0.2, -0.15) is 0 Å². The molecule has 2 rings (SSSR count). The van der Waals surface area contributed by atoms with E-state index in [1.807, 2.05) is 6.07 Å². The van der Waals surface area contributed by atoms with E-state index in [9.17, 15) is 0 Å². The number of ether oxygens (including phenoxy) is 2. The second kappa shape index (κ2) is 11.4. The van der Waals surface area contributed by atoms with Crippen LogP contribution in [0.5, 0.6) is 11.8 Å². The van der Waals surface area contributed by atoms with Crippen molar-refractivity contribution in [2.45, 2.75) is 52.1 Å². The molecule has 0 fully saturated rings. The molecule has 162 valence electrons. The fourth-order valence-electron chi connectivity index (χ4n) is 2.00. The van der Waals surface area contributed by atoms with E-state index >= 15 is 0 Å². The molecule has 0 saturated heterocycles. The van der Waals surface area contributed by atoms with Crippen LogP contribution in [0, 0.1) is 0 Å². The summed E-state index contributed by atoms with van der Waals surface area (Å²) in [5.41, 5.74) is 1.67. The highest BCUT2D eigenvalue weighted by molar-refractivity contribution is 9.10. The van der Waals surface area contributed by atoms with Crippen molar-refractivity contribution >= 4 is 40.2 Å². The van der Waals surface area contributed by atoms with Gasteiger partial charge in [-0.25, -0.2) is 9.97 Å². The molecule has 9 heteroatoms. The molecule has 0 aliphatic heterocycles. The van der Waals surface area contributed by atoms with Gasteiger partial charge in [0, 0.05) is 32.5 Å². The Hall–Kier alpha value is -1.00. The van der Waals surface area contributed by atoms with Crippen molar-refractivity contribution in [3.63, 3.8) is 0 Å². The Bertz CT molecular complexity index is 799.